The summed E-state index contributed by atoms with van der Waals surface area (Å²) in [6, 6.07) is 0. The molecule has 4 heteroatoms. The van der Waals surface area contributed by atoms with E-state index < -0.39 is 0 Å². The molecule has 4 nitrogen and oxygen atoms in total. The average Bonchev–Trinajstić information content (AvgIpc) is 2.81. The molecular formula is C16H26N2O2. The van der Waals surface area contributed by atoms with Crippen molar-refractivity contribution in [3.05, 3.63) is 17.0 Å². The quantitative estimate of drug-likeness (QED) is 0.868. The largest absolute Gasteiger partial charge is 0.360 e. The lowest BCUT2D eigenvalue weighted by molar-refractivity contribution is 0.0931. The Kier molecular flexibility index (Phi) is 4.97. The van der Waals surface area contributed by atoms with Crippen molar-refractivity contribution in [3.63, 3.8) is 0 Å². The van der Waals surface area contributed by atoms with Gasteiger partial charge in [-0.1, -0.05) is 32.3 Å². The van der Waals surface area contributed by atoms with Crippen molar-refractivity contribution in [2.75, 3.05) is 6.54 Å². The summed E-state index contributed by atoms with van der Waals surface area (Å²) in [6.45, 7) is 7.16. The average molecular weight is 278 g/mol. The summed E-state index contributed by atoms with van der Waals surface area (Å²) < 4.78 is 5.48. The predicted molar refractivity (Wildman–Crippen MR) is 78.6 cm³/mol. The number of aromatic nitrogens is 1. The first-order valence-corrected chi connectivity index (χ1v) is 7.77. The summed E-state index contributed by atoms with van der Waals surface area (Å²) in [7, 11) is 0. The molecule has 2 atom stereocenters. The van der Waals surface area contributed by atoms with Crippen molar-refractivity contribution in [2.45, 2.75) is 52.9 Å². The molecule has 0 fully saturated rings. The molecule has 0 amide bonds. The van der Waals surface area contributed by atoms with Crippen LogP contribution < -0.4 is 5.73 Å². The number of nitrogens with two attached hydrogens (primary N) is 1. The third-order valence-electron chi connectivity index (χ3n) is 4.58. The first kappa shape index (κ1) is 15.2. The van der Waals surface area contributed by atoms with Crippen LogP contribution in [0.15, 0.2) is 4.52 Å². The van der Waals surface area contributed by atoms with E-state index in [0.717, 1.165) is 42.7 Å². The minimum absolute atomic E-state index is 0.212. The van der Waals surface area contributed by atoms with Crippen LogP contribution in [0.25, 0.3) is 0 Å². The van der Waals surface area contributed by atoms with Crippen LogP contribution in [-0.4, -0.2) is 17.5 Å². The van der Waals surface area contributed by atoms with Gasteiger partial charge in [0.1, 0.15) is 5.76 Å². The Morgan fingerprint density at radius 1 is 1.40 bits per heavy atom. The van der Waals surface area contributed by atoms with Crippen molar-refractivity contribution in [1.29, 1.82) is 0 Å². The third-order valence-corrected chi connectivity index (χ3v) is 4.58. The number of nitrogens with zero attached hydrogens (tertiary/aromatic N) is 1. The van der Waals surface area contributed by atoms with Crippen LogP contribution in [0.1, 0.15) is 61.8 Å². The molecule has 20 heavy (non-hydrogen) atoms. The topological polar surface area (TPSA) is 69.1 Å². The number of Topliss-reactive ketones (excluding diaryl/α,β-unsaturated/α-hetero) is 1. The Morgan fingerprint density at radius 2 is 2.15 bits per heavy atom. The van der Waals surface area contributed by atoms with Gasteiger partial charge in [-0.15, -0.1) is 0 Å². The number of fused-ring (bicyclic) bond motifs is 1. The van der Waals surface area contributed by atoms with Crippen LogP contribution in [0.5, 0.6) is 0 Å². The van der Waals surface area contributed by atoms with Gasteiger partial charge in [0.05, 0.1) is 11.3 Å². The lowest BCUT2D eigenvalue weighted by Gasteiger charge is -2.23. The zero-order valence-electron chi connectivity index (χ0n) is 12.8. The Bertz CT molecular complexity index is 465. The molecule has 1 aliphatic carbocycles. The maximum atomic E-state index is 12.4. The van der Waals surface area contributed by atoms with Crippen molar-refractivity contribution >= 4 is 5.78 Å². The molecule has 0 aliphatic heterocycles. The zero-order chi connectivity index (χ0) is 14.7. The van der Waals surface area contributed by atoms with Crippen molar-refractivity contribution < 1.29 is 9.32 Å². The van der Waals surface area contributed by atoms with Crippen molar-refractivity contribution in [2.24, 2.45) is 23.5 Å². The Labute approximate surface area is 121 Å². The molecule has 2 unspecified atom stereocenters. The molecular weight excluding hydrogens is 252 g/mol. The van der Waals surface area contributed by atoms with Crippen LogP contribution in [0, 0.1) is 17.8 Å². The molecule has 0 saturated carbocycles. The van der Waals surface area contributed by atoms with E-state index in [1.807, 2.05) is 0 Å². The van der Waals surface area contributed by atoms with Gasteiger partial charge in [0.15, 0.2) is 5.78 Å². The lowest BCUT2D eigenvalue weighted by atomic mass is 9.79. The number of rotatable bonds is 6. The standard InChI is InChI=1S/C16H26N2O2/c1-4-11(5-6-17)7-15-16-13(18-20-15)8-12(10(2)3)9-14(16)19/h10-12H,4-9,17H2,1-3H3. The minimum Gasteiger partial charge on any atom is -0.360 e. The molecule has 2 rings (SSSR count). The predicted octanol–water partition coefficient (Wildman–Crippen LogP) is 2.99. The van der Waals surface area contributed by atoms with Gasteiger partial charge in [-0.3, -0.25) is 4.79 Å². The molecule has 1 aliphatic rings. The molecule has 1 heterocycles. The van der Waals surface area contributed by atoms with Crippen LogP contribution in [0.3, 0.4) is 0 Å². The van der Waals surface area contributed by atoms with E-state index in [-0.39, 0.29) is 5.78 Å². The normalized spacial score (nSPS) is 20.2. The summed E-state index contributed by atoms with van der Waals surface area (Å²) in [5.74, 6) is 2.39. The Hall–Kier alpha value is -1.16. The van der Waals surface area contributed by atoms with Gasteiger partial charge in [0.2, 0.25) is 0 Å². The highest BCUT2D eigenvalue weighted by atomic mass is 16.5. The monoisotopic (exact) mass is 278 g/mol. The van der Waals surface area contributed by atoms with Crippen LogP contribution in [-0.2, 0) is 12.8 Å². The molecule has 0 spiro atoms. The maximum Gasteiger partial charge on any atom is 0.168 e. The fourth-order valence-electron chi connectivity index (χ4n) is 3.04. The van der Waals surface area contributed by atoms with Gasteiger partial charge in [-0.25, -0.2) is 0 Å². The second-order valence-electron chi connectivity index (χ2n) is 6.32. The second kappa shape index (κ2) is 6.53. The number of hydrogen-bond donors (Lipinski definition) is 1. The number of ketones is 1. The van der Waals surface area contributed by atoms with Crippen LogP contribution in [0.2, 0.25) is 0 Å². The van der Waals surface area contributed by atoms with Gasteiger partial charge >= 0.3 is 0 Å². The molecule has 112 valence electrons. The molecule has 0 saturated heterocycles. The first-order chi connectivity index (χ1) is 9.56. The highest BCUT2D eigenvalue weighted by Gasteiger charge is 2.33. The second-order valence-corrected chi connectivity index (χ2v) is 6.32. The van der Waals surface area contributed by atoms with Gasteiger partial charge in [0, 0.05) is 12.8 Å². The lowest BCUT2D eigenvalue weighted by Crippen LogP contribution is -2.24. The zero-order valence-corrected chi connectivity index (χ0v) is 12.8. The molecule has 1 aromatic heterocycles. The van der Waals surface area contributed by atoms with E-state index in [0.29, 0.717) is 30.7 Å². The highest BCUT2D eigenvalue weighted by molar-refractivity contribution is 5.99. The van der Waals surface area contributed by atoms with E-state index in [1.54, 1.807) is 0 Å². The SMILES string of the molecule is CCC(CCN)Cc1onc2c1C(=O)CC(C(C)C)C2. The maximum absolute atomic E-state index is 12.4. The summed E-state index contributed by atoms with van der Waals surface area (Å²) in [6.07, 6.45) is 4.31. The Morgan fingerprint density at radius 3 is 2.75 bits per heavy atom. The van der Waals surface area contributed by atoms with E-state index in [1.165, 1.54) is 0 Å². The summed E-state index contributed by atoms with van der Waals surface area (Å²) in [4.78, 5) is 12.4. The molecule has 0 bridgehead atoms. The van der Waals surface area contributed by atoms with E-state index >= 15 is 0 Å². The Balaban J connectivity index is 2.17. The summed E-state index contributed by atoms with van der Waals surface area (Å²) >= 11 is 0. The van der Waals surface area contributed by atoms with E-state index in [4.69, 9.17) is 10.3 Å². The van der Waals surface area contributed by atoms with Crippen LogP contribution in [0.4, 0.5) is 0 Å². The van der Waals surface area contributed by atoms with Crippen molar-refractivity contribution in [1.82, 2.24) is 5.16 Å². The number of carbonyl (C=O) groups excluding carboxylic acids is 1. The molecule has 0 aromatic carbocycles. The van der Waals surface area contributed by atoms with Gasteiger partial charge in [-0.05, 0) is 37.1 Å². The molecule has 0 radical (unpaired) electrons. The highest BCUT2D eigenvalue weighted by Crippen LogP contribution is 2.32. The fourth-order valence-corrected chi connectivity index (χ4v) is 3.04. The summed E-state index contributed by atoms with van der Waals surface area (Å²) in [5, 5.41) is 4.16. The van der Waals surface area contributed by atoms with Gasteiger partial charge < -0.3 is 10.3 Å². The molecule has 1 aromatic rings. The van der Waals surface area contributed by atoms with E-state index in [9.17, 15) is 4.79 Å². The smallest absolute Gasteiger partial charge is 0.168 e. The van der Waals surface area contributed by atoms with Gasteiger partial charge in [-0.2, -0.15) is 0 Å². The number of hydrogen-bond acceptors (Lipinski definition) is 4. The van der Waals surface area contributed by atoms with Crippen molar-refractivity contribution in [3.8, 4) is 0 Å². The first-order valence-electron chi connectivity index (χ1n) is 7.77. The third kappa shape index (κ3) is 3.11. The van der Waals surface area contributed by atoms with E-state index in [2.05, 4.69) is 25.9 Å². The molecule has 2 N–H and O–H groups in total. The fraction of sp³-hybridized carbons (Fsp3) is 0.750. The van der Waals surface area contributed by atoms with Crippen LogP contribution >= 0.6 is 0 Å². The minimum atomic E-state index is 0.212. The number of carbonyl (C=O) groups is 1. The summed E-state index contributed by atoms with van der Waals surface area (Å²) in [5.41, 5.74) is 7.29. The van der Waals surface area contributed by atoms with Gasteiger partial charge in [0.25, 0.3) is 0 Å².